The van der Waals surface area contributed by atoms with Gasteiger partial charge in [-0.25, -0.2) is 9.69 Å². The van der Waals surface area contributed by atoms with Gasteiger partial charge in [0.05, 0.1) is 35.5 Å². The van der Waals surface area contributed by atoms with Crippen LogP contribution in [0.2, 0.25) is 5.02 Å². The molecule has 0 unspecified atom stereocenters. The van der Waals surface area contributed by atoms with Gasteiger partial charge in [-0.2, -0.15) is 0 Å². The number of nitrogens with one attached hydrogen (secondary N) is 2. The van der Waals surface area contributed by atoms with Gasteiger partial charge in [0.25, 0.3) is 23.4 Å². The molecule has 1 heterocycles. The molecule has 210 valence electrons. The maximum absolute atomic E-state index is 13.1. The molecule has 2 N–H and O–H groups in total. The number of imide groups is 2. The van der Waals surface area contributed by atoms with Crippen LogP contribution in [0.4, 0.5) is 21.9 Å². The summed E-state index contributed by atoms with van der Waals surface area (Å²) in [6, 6.07) is 13.2. The molecule has 5 amide bonds. The molecule has 0 bridgehead atoms. The SMILES string of the molecule is COc1ccccc1NC(=O)COc1c(Cl)cc(/C=C2/C(=O)NC(=O)N(c3ccc([N+](=O)[O-])cc3)C2=O)cc1OC. The average Bonchev–Trinajstić information content (AvgIpc) is 2.94. The van der Waals surface area contributed by atoms with E-state index in [0.29, 0.717) is 16.3 Å². The average molecular weight is 581 g/mol. The number of carbonyl (C=O) groups excluding carboxylic acids is 4. The number of para-hydroxylation sites is 2. The molecule has 41 heavy (non-hydrogen) atoms. The summed E-state index contributed by atoms with van der Waals surface area (Å²) in [7, 11) is 2.80. The molecule has 0 saturated carbocycles. The smallest absolute Gasteiger partial charge is 0.335 e. The van der Waals surface area contributed by atoms with Crippen molar-refractivity contribution in [3.05, 3.63) is 86.9 Å². The highest BCUT2D eigenvalue weighted by Crippen LogP contribution is 2.37. The lowest BCUT2D eigenvalue weighted by Gasteiger charge is -2.26. The second kappa shape index (κ2) is 12.2. The fourth-order valence-electron chi connectivity index (χ4n) is 3.82. The number of hydrogen-bond acceptors (Lipinski definition) is 9. The summed E-state index contributed by atoms with van der Waals surface area (Å²) in [4.78, 5) is 61.5. The molecule has 0 aliphatic carbocycles. The maximum atomic E-state index is 13.1. The van der Waals surface area contributed by atoms with Gasteiger partial charge in [-0.15, -0.1) is 0 Å². The van der Waals surface area contributed by atoms with E-state index >= 15 is 0 Å². The van der Waals surface area contributed by atoms with Crippen molar-refractivity contribution in [3.63, 3.8) is 0 Å². The van der Waals surface area contributed by atoms with E-state index in [1.54, 1.807) is 24.3 Å². The lowest BCUT2D eigenvalue weighted by atomic mass is 10.1. The summed E-state index contributed by atoms with van der Waals surface area (Å²) in [6.45, 7) is -0.429. The van der Waals surface area contributed by atoms with Crippen molar-refractivity contribution in [2.45, 2.75) is 0 Å². The zero-order valence-corrected chi connectivity index (χ0v) is 22.3. The van der Waals surface area contributed by atoms with Gasteiger partial charge in [0.1, 0.15) is 11.3 Å². The van der Waals surface area contributed by atoms with E-state index in [2.05, 4.69) is 10.6 Å². The summed E-state index contributed by atoms with van der Waals surface area (Å²) in [6.07, 6.45) is 1.19. The van der Waals surface area contributed by atoms with Crippen molar-refractivity contribution in [1.82, 2.24) is 5.32 Å². The maximum Gasteiger partial charge on any atom is 0.335 e. The van der Waals surface area contributed by atoms with Crippen LogP contribution in [0.15, 0.2) is 66.2 Å². The summed E-state index contributed by atoms with van der Waals surface area (Å²) in [5, 5.41) is 15.7. The van der Waals surface area contributed by atoms with Crippen LogP contribution in [0.3, 0.4) is 0 Å². The number of non-ortho nitro benzene ring substituents is 1. The van der Waals surface area contributed by atoms with Gasteiger partial charge >= 0.3 is 6.03 Å². The Morgan fingerprint density at radius 1 is 1.05 bits per heavy atom. The molecule has 3 aromatic carbocycles. The summed E-state index contributed by atoms with van der Waals surface area (Å²) in [5.74, 6) is -1.82. The van der Waals surface area contributed by atoms with Gasteiger partial charge in [-0.3, -0.25) is 29.8 Å². The van der Waals surface area contributed by atoms with E-state index in [4.69, 9.17) is 25.8 Å². The Bertz CT molecular complexity index is 1590. The molecule has 1 saturated heterocycles. The van der Waals surface area contributed by atoms with Crippen molar-refractivity contribution in [2.75, 3.05) is 31.0 Å². The third-order valence-electron chi connectivity index (χ3n) is 5.71. The molecular formula is C27H21ClN4O9. The number of benzene rings is 3. The molecule has 0 aromatic heterocycles. The van der Waals surface area contributed by atoms with E-state index in [9.17, 15) is 29.3 Å². The number of rotatable bonds is 9. The fourth-order valence-corrected chi connectivity index (χ4v) is 4.09. The Balaban J connectivity index is 1.55. The van der Waals surface area contributed by atoms with E-state index < -0.39 is 40.9 Å². The predicted octanol–water partition coefficient (Wildman–Crippen LogP) is 3.95. The van der Waals surface area contributed by atoms with E-state index in [1.807, 2.05) is 0 Å². The number of nitro groups is 1. The van der Waals surface area contributed by atoms with Crippen molar-refractivity contribution < 1.29 is 38.3 Å². The number of hydrogen-bond donors (Lipinski definition) is 2. The van der Waals surface area contributed by atoms with Gasteiger partial charge in [0, 0.05) is 12.1 Å². The normalized spacial score (nSPS) is 14.0. The van der Waals surface area contributed by atoms with Gasteiger partial charge in [-0.05, 0) is 48.0 Å². The highest BCUT2D eigenvalue weighted by Gasteiger charge is 2.37. The summed E-state index contributed by atoms with van der Waals surface area (Å²) in [5.41, 5.74) is 0.0504. The van der Waals surface area contributed by atoms with Crippen molar-refractivity contribution in [2.24, 2.45) is 0 Å². The first-order valence-electron chi connectivity index (χ1n) is 11.7. The lowest BCUT2D eigenvalue weighted by molar-refractivity contribution is -0.384. The van der Waals surface area contributed by atoms with E-state index in [1.165, 1.54) is 44.6 Å². The fraction of sp³-hybridized carbons (Fsp3) is 0.111. The zero-order valence-electron chi connectivity index (χ0n) is 21.5. The minimum atomic E-state index is -1.02. The number of methoxy groups -OCH3 is 2. The van der Waals surface area contributed by atoms with Gasteiger partial charge in [0.15, 0.2) is 18.1 Å². The van der Waals surface area contributed by atoms with E-state index in [0.717, 1.165) is 12.1 Å². The lowest BCUT2D eigenvalue weighted by Crippen LogP contribution is -2.54. The van der Waals surface area contributed by atoms with Crippen LogP contribution in [-0.2, 0) is 14.4 Å². The highest BCUT2D eigenvalue weighted by atomic mass is 35.5. The quantitative estimate of drug-likeness (QED) is 0.165. The summed E-state index contributed by atoms with van der Waals surface area (Å²) < 4.78 is 16.1. The molecule has 1 fully saturated rings. The number of ether oxygens (including phenoxy) is 3. The minimum absolute atomic E-state index is 0.00765. The Labute approximate surface area is 237 Å². The largest absolute Gasteiger partial charge is 0.495 e. The van der Waals surface area contributed by atoms with Crippen LogP contribution in [0.5, 0.6) is 17.2 Å². The van der Waals surface area contributed by atoms with Crippen LogP contribution in [0, 0.1) is 10.1 Å². The van der Waals surface area contributed by atoms with Gasteiger partial charge in [0.2, 0.25) is 0 Å². The Kier molecular flexibility index (Phi) is 8.48. The standard InChI is InChI=1S/C27H21ClN4O9/c1-39-21-6-4-3-5-20(21)29-23(33)14-41-24-19(28)12-15(13-22(24)40-2)11-18-25(34)30-27(36)31(26(18)35)16-7-9-17(10-8-16)32(37)38/h3-13H,14H2,1-2H3,(H,29,33)(H,30,34,36)/b18-11-. The molecular weight excluding hydrogens is 560 g/mol. The molecule has 1 aliphatic heterocycles. The van der Waals surface area contributed by atoms with Gasteiger partial charge in [-0.1, -0.05) is 23.7 Å². The predicted molar refractivity (Wildman–Crippen MR) is 147 cm³/mol. The second-order valence-electron chi connectivity index (χ2n) is 8.30. The zero-order chi connectivity index (χ0) is 29.7. The molecule has 1 aliphatic rings. The molecule has 13 nitrogen and oxygen atoms in total. The van der Waals surface area contributed by atoms with E-state index in [-0.39, 0.29) is 33.5 Å². The monoisotopic (exact) mass is 580 g/mol. The van der Waals surface area contributed by atoms with Crippen LogP contribution in [0.25, 0.3) is 6.08 Å². The topological polar surface area (TPSA) is 166 Å². The number of barbiturate groups is 1. The molecule has 14 heteroatoms. The van der Waals surface area contributed by atoms with Crippen LogP contribution in [-0.4, -0.2) is 49.5 Å². The van der Waals surface area contributed by atoms with Gasteiger partial charge < -0.3 is 19.5 Å². The van der Waals surface area contributed by atoms with Crippen molar-refractivity contribution >= 4 is 58.5 Å². The van der Waals surface area contributed by atoms with Crippen LogP contribution >= 0.6 is 11.6 Å². The molecule has 0 spiro atoms. The minimum Gasteiger partial charge on any atom is -0.495 e. The number of carbonyl (C=O) groups is 4. The first-order valence-corrected chi connectivity index (χ1v) is 12.1. The number of anilines is 2. The number of nitrogens with zero attached hydrogens (tertiary/aromatic N) is 2. The molecule has 0 radical (unpaired) electrons. The molecule has 0 atom stereocenters. The van der Waals surface area contributed by atoms with Crippen LogP contribution in [0.1, 0.15) is 5.56 Å². The van der Waals surface area contributed by atoms with Crippen LogP contribution < -0.4 is 29.7 Å². The Morgan fingerprint density at radius 3 is 2.39 bits per heavy atom. The third kappa shape index (κ3) is 6.25. The van der Waals surface area contributed by atoms with Crippen molar-refractivity contribution in [1.29, 1.82) is 0 Å². The number of amides is 5. The molecule has 4 rings (SSSR count). The second-order valence-corrected chi connectivity index (χ2v) is 8.71. The number of nitro benzene ring substituents is 1. The Hall–Kier alpha value is -5.43. The number of halogens is 1. The first kappa shape index (κ1) is 28.6. The number of urea groups is 1. The highest BCUT2D eigenvalue weighted by molar-refractivity contribution is 6.39. The molecule has 3 aromatic rings. The van der Waals surface area contributed by atoms with Crippen molar-refractivity contribution in [3.8, 4) is 17.2 Å². The Morgan fingerprint density at radius 2 is 1.73 bits per heavy atom. The third-order valence-corrected chi connectivity index (χ3v) is 5.99. The summed E-state index contributed by atoms with van der Waals surface area (Å²) >= 11 is 6.39. The first-order chi connectivity index (χ1) is 19.6.